The first-order valence-electron chi connectivity index (χ1n) is 5.88. The summed E-state index contributed by atoms with van der Waals surface area (Å²) < 4.78 is 1.22. The first-order valence-corrected chi connectivity index (χ1v) is 7.75. The molecule has 0 aliphatic rings. The van der Waals surface area contributed by atoms with E-state index in [1.807, 2.05) is 24.4 Å². The third-order valence-corrected chi connectivity index (χ3v) is 4.72. The molecule has 2 aromatic rings. The molecule has 1 aromatic heterocycles. The van der Waals surface area contributed by atoms with E-state index in [1.165, 1.54) is 10.3 Å². The number of hydrogen-bond donors (Lipinski definition) is 1. The van der Waals surface area contributed by atoms with Gasteiger partial charge in [0.2, 0.25) is 0 Å². The van der Waals surface area contributed by atoms with Crippen LogP contribution in [0, 0.1) is 10.1 Å². The number of thiophene rings is 1. The van der Waals surface area contributed by atoms with Crippen molar-refractivity contribution in [2.24, 2.45) is 0 Å². The summed E-state index contributed by atoms with van der Waals surface area (Å²) in [4.78, 5) is 10.7. The standard InChI is InChI=1S/C13H14N2O2S2/c1-2-14-13-10(5-3-6-11(13)15(16)17)9-19-12-7-4-8-18-12/h3-8,14H,2,9H2,1H3. The van der Waals surface area contributed by atoms with E-state index in [4.69, 9.17) is 0 Å². The van der Waals surface area contributed by atoms with Crippen LogP contribution in [0.2, 0.25) is 0 Å². The summed E-state index contributed by atoms with van der Waals surface area (Å²) in [6.07, 6.45) is 0. The Balaban J connectivity index is 2.23. The number of nitrogens with zero attached hydrogens (tertiary/aromatic N) is 1. The molecular weight excluding hydrogens is 280 g/mol. The van der Waals surface area contributed by atoms with Crippen molar-refractivity contribution < 1.29 is 4.92 Å². The van der Waals surface area contributed by atoms with Gasteiger partial charge in [0.15, 0.2) is 0 Å². The molecule has 2 rings (SSSR count). The lowest BCUT2D eigenvalue weighted by Crippen LogP contribution is -2.04. The molecule has 1 heterocycles. The fourth-order valence-corrected chi connectivity index (χ4v) is 3.51. The first kappa shape index (κ1) is 13.9. The van der Waals surface area contributed by atoms with Gasteiger partial charge in [0.1, 0.15) is 5.69 Å². The van der Waals surface area contributed by atoms with Gasteiger partial charge in [-0.05, 0) is 23.9 Å². The molecule has 0 saturated carbocycles. The van der Waals surface area contributed by atoms with Crippen LogP contribution >= 0.6 is 23.1 Å². The van der Waals surface area contributed by atoms with Gasteiger partial charge in [0.05, 0.1) is 9.13 Å². The Hall–Kier alpha value is -1.53. The molecule has 0 unspecified atom stereocenters. The highest BCUT2D eigenvalue weighted by atomic mass is 32.2. The maximum atomic E-state index is 11.0. The van der Waals surface area contributed by atoms with Crippen molar-refractivity contribution in [1.82, 2.24) is 0 Å². The van der Waals surface area contributed by atoms with Crippen molar-refractivity contribution >= 4 is 34.5 Å². The predicted octanol–water partition coefficient (Wildman–Crippen LogP) is 4.38. The summed E-state index contributed by atoms with van der Waals surface area (Å²) in [5.74, 6) is 0.727. The molecular formula is C13H14N2O2S2. The SMILES string of the molecule is CCNc1c(CSc2cccs2)cccc1[N+](=O)[O-]. The average molecular weight is 294 g/mol. The van der Waals surface area contributed by atoms with Crippen molar-refractivity contribution in [2.75, 3.05) is 11.9 Å². The number of rotatable bonds is 6. The Morgan fingerprint density at radius 2 is 2.21 bits per heavy atom. The van der Waals surface area contributed by atoms with Gasteiger partial charge in [-0.25, -0.2) is 0 Å². The number of para-hydroxylation sites is 1. The van der Waals surface area contributed by atoms with Gasteiger partial charge in [0.25, 0.3) is 5.69 Å². The minimum atomic E-state index is -0.336. The Morgan fingerprint density at radius 3 is 2.84 bits per heavy atom. The van der Waals surface area contributed by atoms with E-state index in [0.29, 0.717) is 12.2 Å². The maximum Gasteiger partial charge on any atom is 0.292 e. The van der Waals surface area contributed by atoms with Crippen molar-refractivity contribution in [2.45, 2.75) is 16.9 Å². The average Bonchev–Trinajstić information content (AvgIpc) is 2.90. The van der Waals surface area contributed by atoms with Crippen molar-refractivity contribution in [3.63, 3.8) is 0 Å². The predicted molar refractivity (Wildman–Crippen MR) is 81.1 cm³/mol. The van der Waals surface area contributed by atoms with E-state index in [9.17, 15) is 10.1 Å². The Labute approximate surface area is 120 Å². The monoisotopic (exact) mass is 294 g/mol. The maximum absolute atomic E-state index is 11.0. The number of thioether (sulfide) groups is 1. The molecule has 100 valence electrons. The first-order chi connectivity index (χ1) is 9.22. The normalized spacial score (nSPS) is 10.4. The van der Waals surface area contributed by atoms with Crippen LogP contribution in [-0.4, -0.2) is 11.5 Å². The number of nitrogens with one attached hydrogen (secondary N) is 1. The minimum absolute atomic E-state index is 0.145. The Kier molecular flexibility index (Phi) is 4.81. The van der Waals surface area contributed by atoms with Crippen molar-refractivity contribution in [3.05, 3.63) is 51.4 Å². The molecule has 0 amide bonds. The van der Waals surface area contributed by atoms with E-state index in [1.54, 1.807) is 29.2 Å². The summed E-state index contributed by atoms with van der Waals surface area (Å²) >= 11 is 3.38. The van der Waals surface area contributed by atoms with Gasteiger partial charge >= 0.3 is 0 Å². The second-order valence-corrected chi connectivity index (χ2v) is 6.04. The quantitative estimate of drug-likeness (QED) is 0.488. The van der Waals surface area contributed by atoms with Crippen LogP contribution in [0.15, 0.2) is 39.9 Å². The third kappa shape index (κ3) is 3.48. The van der Waals surface area contributed by atoms with Crippen molar-refractivity contribution in [3.8, 4) is 0 Å². The van der Waals surface area contributed by atoms with Crippen LogP contribution in [0.25, 0.3) is 0 Å². The Morgan fingerprint density at radius 1 is 1.37 bits per heavy atom. The summed E-state index contributed by atoms with van der Waals surface area (Å²) in [7, 11) is 0. The van der Waals surface area contributed by atoms with Crippen LogP contribution in [0.3, 0.4) is 0 Å². The second-order valence-electron chi connectivity index (χ2n) is 3.82. The van der Waals surface area contributed by atoms with Crippen LogP contribution < -0.4 is 5.32 Å². The molecule has 6 heteroatoms. The summed E-state index contributed by atoms with van der Waals surface area (Å²) in [5, 5.41) is 16.2. The number of benzene rings is 1. The molecule has 0 fully saturated rings. The lowest BCUT2D eigenvalue weighted by Gasteiger charge is -2.10. The van der Waals surface area contributed by atoms with E-state index >= 15 is 0 Å². The van der Waals surface area contributed by atoms with Gasteiger partial charge in [-0.1, -0.05) is 18.2 Å². The van der Waals surface area contributed by atoms with Crippen LogP contribution in [0.4, 0.5) is 11.4 Å². The molecule has 0 radical (unpaired) electrons. The summed E-state index contributed by atoms with van der Waals surface area (Å²) in [6.45, 7) is 2.61. The largest absolute Gasteiger partial charge is 0.380 e. The Bertz CT molecular complexity index is 556. The van der Waals surface area contributed by atoms with Crippen LogP contribution in [0.1, 0.15) is 12.5 Å². The van der Waals surface area contributed by atoms with Gasteiger partial charge in [-0.2, -0.15) is 0 Å². The molecule has 0 saturated heterocycles. The topological polar surface area (TPSA) is 55.2 Å². The summed E-state index contributed by atoms with van der Waals surface area (Å²) in [5.41, 5.74) is 1.75. The van der Waals surface area contributed by atoms with Gasteiger partial charge in [0, 0.05) is 18.4 Å². The number of nitro groups is 1. The molecule has 0 bridgehead atoms. The van der Waals surface area contributed by atoms with Crippen LogP contribution in [-0.2, 0) is 5.75 Å². The van der Waals surface area contributed by atoms with E-state index in [0.717, 1.165) is 11.3 Å². The van der Waals surface area contributed by atoms with E-state index in [2.05, 4.69) is 11.4 Å². The third-order valence-electron chi connectivity index (χ3n) is 2.54. The molecule has 19 heavy (non-hydrogen) atoms. The van der Waals surface area contributed by atoms with Crippen molar-refractivity contribution in [1.29, 1.82) is 0 Å². The molecule has 0 spiro atoms. The lowest BCUT2D eigenvalue weighted by molar-refractivity contribution is -0.384. The molecule has 1 N–H and O–H groups in total. The van der Waals surface area contributed by atoms with Gasteiger partial charge in [-0.15, -0.1) is 23.1 Å². The zero-order valence-corrected chi connectivity index (χ0v) is 12.1. The minimum Gasteiger partial charge on any atom is -0.380 e. The fraction of sp³-hybridized carbons (Fsp3) is 0.231. The summed E-state index contributed by atoms with van der Waals surface area (Å²) in [6, 6.07) is 9.28. The molecule has 4 nitrogen and oxygen atoms in total. The zero-order valence-electron chi connectivity index (χ0n) is 10.5. The fourth-order valence-electron chi connectivity index (χ4n) is 1.73. The number of hydrogen-bond acceptors (Lipinski definition) is 5. The zero-order chi connectivity index (χ0) is 13.7. The highest BCUT2D eigenvalue weighted by Gasteiger charge is 2.16. The molecule has 0 aliphatic heterocycles. The second kappa shape index (κ2) is 6.58. The van der Waals surface area contributed by atoms with Gasteiger partial charge < -0.3 is 5.32 Å². The van der Waals surface area contributed by atoms with E-state index < -0.39 is 0 Å². The number of anilines is 1. The lowest BCUT2D eigenvalue weighted by atomic mass is 10.1. The highest BCUT2D eigenvalue weighted by molar-refractivity contribution is 8.00. The smallest absolute Gasteiger partial charge is 0.292 e. The molecule has 0 aliphatic carbocycles. The molecule has 0 atom stereocenters. The van der Waals surface area contributed by atoms with Crippen LogP contribution in [0.5, 0.6) is 0 Å². The molecule has 1 aromatic carbocycles. The number of nitro benzene ring substituents is 1. The van der Waals surface area contributed by atoms with E-state index in [-0.39, 0.29) is 10.6 Å². The highest BCUT2D eigenvalue weighted by Crippen LogP contribution is 2.34. The van der Waals surface area contributed by atoms with Gasteiger partial charge in [-0.3, -0.25) is 10.1 Å².